The van der Waals surface area contributed by atoms with Crippen LogP contribution in [0.5, 0.6) is 0 Å². The van der Waals surface area contributed by atoms with E-state index in [-0.39, 0.29) is 12.4 Å². The predicted octanol–water partition coefficient (Wildman–Crippen LogP) is 2.60. The lowest BCUT2D eigenvalue weighted by molar-refractivity contribution is -0.140. The minimum Gasteiger partial charge on any atom is -0.469 e. The van der Waals surface area contributed by atoms with Gasteiger partial charge in [0, 0.05) is 18.1 Å². The van der Waals surface area contributed by atoms with E-state index in [1.54, 1.807) is 18.2 Å². The molecule has 0 aliphatic rings. The third-order valence-electron chi connectivity index (χ3n) is 2.62. The van der Waals surface area contributed by atoms with Crippen molar-refractivity contribution in [2.45, 2.75) is 13.3 Å². The Balaban J connectivity index is 2.91. The van der Waals surface area contributed by atoms with E-state index in [1.807, 2.05) is 11.8 Å². The summed E-state index contributed by atoms with van der Waals surface area (Å²) in [6, 6.07) is 7.22. The van der Waals surface area contributed by atoms with Crippen molar-refractivity contribution in [3.05, 3.63) is 28.8 Å². The van der Waals surface area contributed by atoms with Gasteiger partial charge in [0.05, 0.1) is 24.8 Å². The van der Waals surface area contributed by atoms with Gasteiger partial charge in [-0.15, -0.1) is 0 Å². The van der Waals surface area contributed by atoms with Crippen molar-refractivity contribution >= 4 is 23.3 Å². The number of nitriles is 1. The van der Waals surface area contributed by atoms with Gasteiger partial charge in [-0.2, -0.15) is 5.26 Å². The molecule has 0 aromatic heterocycles. The van der Waals surface area contributed by atoms with Gasteiger partial charge < -0.3 is 9.64 Å². The molecule has 5 heteroatoms. The largest absolute Gasteiger partial charge is 0.469 e. The molecule has 0 amide bonds. The molecule has 0 spiro atoms. The average Bonchev–Trinajstić information content (AvgIpc) is 2.39. The van der Waals surface area contributed by atoms with E-state index in [4.69, 9.17) is 16.9 Å². The Kier molecular flexibility index (Phi) is 5.47. The zero-order valence-electron chi connectivity index (χ0n) is 10.4. The van der Waals surface area contributed by atoms with Crippen molar-refractivity contribution < 1.29 is 9.53 Å². The molecule has 0 bridgehead atoms. The minimum absolute atomic E-state index is 0.269. The molecule has 1 rings (SSSR count). The molecule has 0 saturated heterocycles. The van der Waals surface area contributed by atoms with Crippen LogP contribution in [0.4, 0.5) is 5.69 Å². The average molecular weight is 267 g/mol. The first-order valence-electron chi connectivity index (χ1n) is 5.63. The van der Waals surface area contributed by atoms with E-state index in [9.17, 15) is 4.79 Å². The number of carbonyl (C=O) groups excluding carboxylic acids is 1. The number of ether oxygens (including phenoxy) is 1. The summed E-state index contributed by atoms with van der Waals surface area (Å²) in [5.74, 6) is -0.269. The highest BCUT2D eigenvalue weighted by Crippen LogP contribution is 2.24. The number of benzene rings is 1. The maximum atomic E-state index is 11.1. The molecule has 0 unspecified atom stereocenters. The third kappa shape index (κ3) is 3.64. The summed E-state index contributed by atoms with van der Waals surface area (Å²) in [5, 5.41) is 9.64. The Labute approximate surface area is 112 Å². The normalized spacial score (nSPS) is 9.67. The van der Waals surface area contributed by atoms with Crippen molar-refractivity contribution in [3.8, 4) is 6.07 Å². The number of anilines is 1. The Morgan fingerprint density at radius 1 is 1.56 bits per heavy atom. The first-order chi connectivity index (χ1) is 8.62. The number of hydrogen-bond acceptors (Lipinski definition) is 4. The molecular formula is C13H15ClN2O2. The fourth-order valence-corrected chi connectivity index (χ4v) is 1.80. The van der Waals surface area contributed by atoms with Crippen molar-refractivity contribution in [1.29, 1.82) is 5.26 Å². The van der Waals surface area contributed by atoms with Crippen LogP contribution in [-0.2, 0) is 9.53 Å². The van der Waals surface area contributed by atoms with Gasteiger partial charge in [0.1, 0.15) is 6.07 Å². The second-order valence-electron chi connectivity index (χ2n) is 3.68. The van der Waals surface area contributed by atoms with Gasteiger partial charge in [0.2, 0.25) is 0 Å². The zero-order valence-corrected chi connectivity index (χ0v) is 11.2. The maximum Gasteiger partial charge on any atom is 0.307 e. The standard InChI is InChI=1S/C13H15ClN2O2/c1-3-16(7-6-13(17)18-2)12-8-11(14)5-4-10(12)9-15/h4-5,8H,3,6-7H2,1-2H3. The highest BCUT2D eigenvalue weighted by Gasteiger charge is 2.12. The van der Waals surface area contributed by atoms with Crippen LogP contribution < -0.4 is 4.90 Å². The molecule has 4 nitrogen and oxygen atoms in total. The Morgan fingerprint density at radius 2 is 2.28 bits per heavy atom. The van der Waals surface area contributed by atoms with Gasteiger partial charge in [-0.05, 0) is 25.1 Å². The number of nitrogens with zero attached hydrogens (tertiary/aromatic N) is 2. The SMILES string of the molecule is CCN(CCC(=O)OC)c1cc(Cl)ccc1C#N. The molecular weight excluding hydrogens is 252 g/mol. The van der Waals surface area contributed by atoms with Crippen LogP contribution in [0.25, 0.3) is 0 Å². The maximum absolute atomic E-state index is 11.1. The molecule has 0 fully saturated rings. The van der Waals surface area contributed by atoms with Crippen LogP contribution in [0.2, 0.25) is 5.02 Å². The number of rotatable bonds is 5. The van der Waals surface area contributed by atoms with Crippen LogP contribution >= 0.6 is 11.6 Å². The molecule has 0 heterocycles. The Morgan fingerprint density at radius 3 is 2.83 bits per heavy atom. The lowest BCUT2D eigenvalue weighted by Gasteiger charge is -2.23. The number of halogens is 1. The molecule has 96 valence electrons. The van der Waals surface area contributed by atoms with Gasteiger partial charge in [0.15, 0.2) is 0 Å². The second-order valence-corrected chi connectivity index (χ2v) is 4.12. The molecule has 1 aromatic carbocycles. The van der Waals surface area contributed by atoms with Crippen LogP contribution in [0.15, 0.2) is 18.2 Å². The second kappa shape index (κ2) is 6.87. The Bertz CT molecular complexity index is 469. The monoisotopic (exact) mass is 266 g/mol. The molecule has 0 radical (unpaired) electrons. The summed E-state index contributed by atoms with van der Waals surface area (Å²) < 4.78 is 4.60. The van der Waals surface area contributed by atoms with Gasteiger partial charge in [-0.25, -0.2) is 0 Å². The first kappa shape index (κ1) is 14.3. The molecule has 0 atom stereocenters. The lowest BCUT2D eigenvalue weighted by atomic mass is 10.1. The van der Waals surface area contributed by atoms with E-state index in [2.05, 4.69) is 10.8 Å². The van der Waals surface area contributed by atoms with E-state index in [1.165, 1.54) is 7.11 Å². The highest BCUT2D eigenvalue weighted by molar-refractivity contribution is 6.30. The van der Waals surface area contributed by atoms with Crippen molar-refractivity contribution in [3.63, 3.8) is 0 Å². The topological polar surface area (TPSA) is 53.3 Å². The lowest BCUT2D eigenvalue weighted by Crippen LogP contribution is -2.26. The zero-order chi connectivity index (χ0) is 13.5. The van der Waals surface area contributed by atoms with Gasteiger partial charge >= 0.3 is 5.97 Å². The summed E-state index contributed by atoms with van der Waals surface area (Å²) in [5.41, 5.74) is 1.29. The summed E-state index contributed by atoms with van der Waals surface area (Å²) in [6.07, 6.45) is 0.279. The van der Waals surface area contributed by atoms with E-state index in [0.717, 1.165) is 5.69 Å². The fourth-order valence-electron chi connectivity index (χ4n) is 1.64. The molecule has 1 aromatic rings. The third-order valence-corrected chi connectivity index (χ3v) is 2.85. The number of methoxy groups -OCH3 is 1. The van der Waals surface area contributed by atoms with Crippen LogP contribution in [-0.4, -0.2) is 26.2 Å². The number of esters is 1. The van der Waals surface area contributed by atoms with E-state index in [0.29, 0.717) is 23.7 Å². The van der Waals surface area contributed by atoms with Gasteiger partial charge in [-0.3, -0.25) is 4.79 Å². The highest BCUT2D eigenvalue weighted by atomic mass is 35.5. The van der Waals surface area contributed by atoms with Crippen molar-refractivity contribution in [2.75, 3.05) is 25.1 Å². The minimum atomic E-state index is -0.269. The summed E-state index contributed by atoms with van der Waals surface area (Å²) in [6.45, 7) is 3.14. The predicted molar refractivity (Wildman–Crippen MR) is 70.7 cm³/mol. The van der Waals surface area contributed by atoms with Crippen LogP contribution in [0.1, 0.15) is 18.9 Å². The molecule has 0 saturated carbocycles. The summed E-state index contributed by atoms with van der Waals surface area (Å²) in [7, 11) is 1.36. The fraction of sp³-hybridized carbons (Fsp3) is 0.385. The quantitative estimate of drug-likeness (QED) is 0.769. The van der Waals surface area contributed by atoms with Gasteiger partial charge in [-0.1, -0.05) is 11.6 Å². The summed E-state index contributed by atoms with van der Waals surface area (Å²) >= 11 is 5.94. The molecule has 0 N–H and O–H groups in total. The number of hydrogen-bond donors (Lipinski definition) is 0. The Hall–Kier alpha value is -1.73. The van der Waals surface area contributed by atoms with Crippen LogP contribution in [0, 0.1) is 11.3 Å². The van der Waals surface area contributed by atoms with E-state index >= 15 is 0 Å². The molecule has 18 heavy (non-hydrogen) atoms. The smallest absolute Gasteiger partial charge is 0.307 e. The van der Waals surface area contributed by atoms with Crippen molar-refractivity contribution in [2.24, 2.45) is 0 Å². The van der Waals surface area contributed by atoms with Crippen LogP contribution in [0.3, 0.4) is 0 Å². The first-order valence-corrected chi connectivity index (χ1v) is 6.01. The van der Waals surface area contributed by atoms with Crippen molar-refractivity contribution in [1.82, 2.24) is 0 Å². The number of carbonyl (C=O) groups is 1. The van der Waals surface area contributed by atoms with E-state index < -0.39 is 0 Å². The van der Waals surface area contributed by atoms with Gasteiger partial charge in [0.25, 0.3) is 0 Å². The summed E-state index contributed by atoms with van der Waals surface area (Å²) in [4.78, 5) is 13.1. The molecule has 0 aliphatic carbocycles. The molecule has 0 aliphatic heterocycles.